The number of fused-ring (bicyclic) bond motifs is 1. The number of hydrogen-bond acceptors (Lipinski definition) is 5. The van der Waals surface area contributed by atoms with Gasteiger partial charge in [-0.2, -0.15) is 0 Å². The molecule has 0 spiro atoms. The number of carbonyl (C=O) groups is 1. The summed E-state index contributed by atoms with van der Waals surface area (Å²) >= 11 is 0. The second-order valence-electron chi connectivity index (χ2n) is 6.92. The largest absolute Gasteiger partial charge is 0.420 e. The van der Waals surface area contributed by atoms with Crippen molar-refractivity contribution in [2.75, 3.05) is 5.32 Å². The third-order valence-corrected chi connectivity index (χ3v) is 4.47. The van der Waals surface area contributed by atoms with Gasteiger partial charge in [0.15, 0.2) is 0 Å². The second-order valence-corrected chi connectivity index (χ2v) is 6.92. The zero-order chi connectivity index (χ0) is 19.5. The van der Waals surface area contributed by atoms with E-state index >= 15 is 0 Å². The number of aromatic nitrogens is 3. The summed E-state index contributed by atoms with van der Waals surface area (Å²) in [5, 5.41) is 12.0. The third kappa shape index (κ3) is 3.91. The van der Waals surface area contributed by atoms with Crippen LogP contribution in [0.2, 0.25) is 0 Å². The molecule has 140 valence electrons. The smallest absolute Gasteiger partial charge is 0.247 e. The highest BCUT2D eigenvalue weighted by atomic mass is 16.4. The Morgan fingerprint density at radius 1 is 1.07 bits per heavy atom. The zero-order valence-corrected chi connectivity index (χ0v) is 15.7. The van der Waals surface area contributed by atoms with Crippen LogP contribution in [-0.2, 0) is 11.2 Å². The Kier molecular flexibility index (Phi) is 4.85. The van der Waals surface area contributed by atoms with Gasteiger partial charge in [-0.15, -0.1) is 10.2 Å². The van der Waals surface area contributed by atoms with Gasteiger partial charge in [-0.05, 0) is 47.9 Å². The molecule has 1 N–H and O–H groups in total. The molecule has 4 rings (SSSR count). The highest BCUT2D eigenvalue weighted by molar-refractivity contribution is 5.91. The first-order valence-corrected chi connectivity index (χ1v) is 9.16. The number of hydrogen-bond donors (Lipinski definition) is 1. The molecule has 0 unspecified atom stereocenters. The van der Waals surface area contributed by atoms with Gasteiger partial charge < -0.3 is 9.73 Å². The summed E-state index contributed by atoms with van der Waals surface area (Å²) in [6.07, 6.45) is 1.77. The Labute approximate surface area is 162 Å². The first-order chi connectivity index (χ1) is 13.6. The SMILES string of the molecule is CC(C)c1cccc(NC(=O)Cc2nnc(-c3ccc4ncccc4c3)o2)c1. The standard InChI is InChI=1S/C22H20N4O2/c1-14(2)15-5-3-7-18(12-15)24-20(27)13-21-25-26-22(28-21)17-8-9-19-16(11-17)6-4-10-23-19/h3-12,14H,13H2,1-2H3,(H,24,27). The predicted molar refractivity (Wildman–Crippen MR) is 108 cm³/mol. The molecule has 0 bridgehead atoms. The van der Waals surface area contributed by atoms with Gasteiger partial charge in [-0.25, -0.2) is 0 Å². The molecule has 0 aliphatic carbocycles. The van der Waals surface area contributed by atoms with Crippen molar-refractivity contribution in [3.63, 3.8) is 0 Å². The lowest BCUT2D eigenvalue weighted by Gasteiger charge is -2.08. The molecular weight excluding hydrogens is 352 g/mol. The summed E-state index contributed by atoms with van der Waals surface area (Å²) in [5.41, 5.74) is 3.62. The fourth-order valence-electron chi connectivity index (χ4n) is 2.97. The van der Waals surface area contributed by atoms with E-state index < -0.39 is 0 Å². The lowest BCUT2D eigenvalue weighted by atomic mass is 10.0. The second kappa shape index (κ2) is 7.60. The summed E-state index contributed by atoms with van der Waals surface area (Å²) in [4.78, 5) is 16.6. The van der Waals surface area contributed by atoms with E-state index in [1.165, 1.54) is 5.56 Å². The van der Waals surface area contributed by atoms with Crippen LogP contribution in [0, 0.1) is 0 Å². The summed E-state index contributed by atoms with van der Waals surface area (Å²) in [7, 11) is 0. The Bertz CT molecular complexity index is 1130. The number of rotatable bonds is 5. The minimum Gasteiger partial charge on any atom is -0.420 e. The molecule has 1 amide bonds. The van der Waals surface area contributed by atoms with E-state index in [1.807, 2.05) is 54.6 Å². The third-order valence-electron chi connectivity index (χ3n) is 4.47. The molecule has 0 radical (unpaired) electrons. The average molecular weight is 372 g/mol. The van der Waals surface area contributed by atoms with Crippen LogP contribution >= 0.6 is 0 Å². The van der Waals surface area contributed by atoms with Gasteiger partial charge in [0.2, 0.25) is 17.7 Å². The minimum absolute atomic E-state index is 0.0219. The maximum Gasteiger partial charge on any atom is 0.247 e. The van der Waals surface area contributed by atoms with Crippen LogP contribution in [-0.4, -0.2) is 21.1 Å². The molecule has 0 saturated carbocycles. The maximum absolute atomic E-state index is 12.3. The Morgan fingerprint density at radius 2 is 1.96 bits per heavy atom. The van der Waals surface area contributed by atoms with Crippen LogP contribution < -0.4 is 5.32 Å². The molecule has 2 aromatic heterocycles. The molecule has 4 aromatic rings. The molecule has 0 atom stereocenters. The van der Waals surface area contributed by atoms with Crippen molar-refractivity contribution >= 4 is 22.5 Å². The van der Waals surface area contributed by atoms with Gasteiger partial charge in [0, 0.05) is 22.8 Å². The average Bonchev–Trinajstić information content (AvgIpc) is 3.16. The van der Waals surface area contributed by atoms with Crippen LogP contribution in [0.25, 0.3) is 22.4 Å². The highest BCUT2D eigenvalue weighted by Crippen LogP contribution is 2.23. The topological polar surface area (TPSA) is 80.9 Å². The molecule has 2 heterocycles. The molecule has 2 aromatic carbocycles. The van der Waals surface area contributed by atoms with Gasteiger partial charge in [0.25, 0.3) is 0 Å². The first-order valence-electron chi connectivity index (χ1n) is 9.16. The van der Waals surface area contributed by atoms with Crippen LogP contribution in [0.1, 0.15) is 31.2 Å². The summed E-state index contributed by atoms with van der Waals surface area (Å²) < 4.78 is 5.69. The zero-order valence-electron chi connectivity index (χ0n) is 15.7. The van der Waals surface area contributed by atoms with E-state index in [9.17, 15) is 4.79 Å². The van der Waals surface area contributed by atoms with Crippen LogP contribution in [0.5, 0.6) is 0 Å². The van der Waals surface area contributed by atoms with Gasteiger partial charge >= 0.3 is 0 Å². The molecule has 0 fully saturated rings. The van der Waals surface area contributed by atoms with E-state index in [1.54, 1.807) is 6.20 Å². The maximum atomic E-state index is 12.3. The number of carbonyl (C=O) groups excluding carboxylic acids is 1. The van der Waals surface area contributed by atoms with Crippen molar-refractivity contribution in [1.29, 1.82) is 0 Å². The molecule has 6 heteroatoms. The van der Waals surface area contributed by atoms with Crippen molar-refractivity contribution in [2.45, 2.75) is 26.2 Å². The molecule has 0 aliphatic rings. The van der Waals surface area contributed by atoms with E-state index in [2.05, 4.69) is 34.3 Å². The lowest BCUT2D eigenvalue weighted by molar-refractivity contribution is -0.115. The number of anilines is 1. The summed E-state index contributed by atoms with van der Waals surface area (Å²) in [6, 6.07) is 17.4. The van der Waals surface area contributed by atoms with E-state index in [0.717, 1.165) is 22.2 Å². The Morgan fingerprint density at radius 3 is 2.82 bits per heavy atom. The van der Waals surface area contributed by atoms with E-state index in [4.69, 9.17) is 4.42 Å². The molecule has 6 nitrogen and oxygen atoms in total. The number of benzene rings is 2. The lowest BCUT2D eigenvalue weighted by Crippen LogP contribution is -2.14. The van der Waals surface area contributed by atoms with Crippen molar-refractivity contribution in [3.05, 3.63) is 72.2 Å². The highest BCUT2D eigenvalue weighted by Gasteiger charge is 2.13. The fourth-order valence-corrected chi connectivity index (χ4v) is 2.97. The minimum atomic E-state index is -0.196. The molecule has 28 heavy (non-hydrogen) atoms. The quantitative estimate of drug-likeness (QED) is 0.554. The Hall–Kier alpha value is -3.54. The number of nitrogens with one attached hydrogen (secondary N) is 1. The molecular formula is C22H20N4O2. The fraction of sp³-hybridized carbons (Fsp3) is 0.182. The van der Waals surface area contributed by atoms with Crippen LogP contribution in [0.4, 0.5) is 5.69 Å². The van der Waals surface area contributed by atoms with Gasteiger partial charge in [0.05, 0.1) is 5.52 Å². The number of nitrogens with zero attached hydrogens (tertiary/aromatic N) is 3. The van der Waals surface area contributed by atoms with E-state index in [0.29, 0.717) is 11.8 Å². The van der Waals surface area contributed by atoms with Gasteiger partial charge in [0.1, 0.15) is 6.42 Å². The monoisotopic (exact) mass is 372 g/mol. The van der Waals surface area contributed by atoms with Crippen molar-refractivity contribution in [2.24, 2.45) is 0 Å². The number of amides is 1. The number of pyridine rings is 1. The molecule has 0 saturated heterocycles. The van der Waals surface area contributed by atoms with Crippen molar-refractivity contribution in [3.8, 4) is 11.5 Å². The van der Waals surface area contributed by atoms with Crippen molar-refractivity contribution < 1.29 is 9.21 Å². The van der Waals surface area contributed by atoms with Gasteiger partial charge in [-0.1, -0.05) is 32.0 Å². The van der Waals surface area contributed by atoms with E-state index in [-0.39, 0.29) is 18.2 Å². The van der Waals surface area contributed by atoms with Crippen molar-refractivity contribution in [1.82, 2.24) is 15.2 Å². The first kappa shape index (κ1) is 17.9. The van der Waals surface area contributed by atoms with Crippen LogP contribution in [0.3, 0.4) is 0 Å². The molecule has 0 aliphatic heterocycles. The van der Waals surface area contributed by atoms with Crippen LogP contribution in [0.15, 0.2) is 65.2 Å². The Balaban J connectivity index is 1.46. The summed E-state index contributed by atoms with van der Waals surface area (Å²) in [5.74, 6) is 0.862. The summed E-state index contributed by atoms with van der Waals surface area (Å²) in [6.45, 7) is 4.23. The van der Waals surface area contributed by atoms with Gasteiger partial charge in [-0.3, -0.25) is 9.78 Å². The predicted octanol–water partition coefficient (Wildman–Crippen LogP) is 4.59. The normalized spacial score (nSPS) is 11.1.